The Balaban J connectivity index is 2.11. The Kier molecular flexibility index (Phi) is 5.72. The molecule has 21 heavy (non-hydrogen) atoms. The van der Waals surface area contributed by atoms with Gasteiger partial charge in [0.2, 0.25) is 0 Å². The molecule has 1 saturated heterocycles. The number of esters is 1. The average Bonchev–Trinajstić information content (AvgIpc) is 2.53. The predicted octanol–water partition coefficient (Wildman–Crippen LogP) is 0.700. The van der Waals surface area contributed by atoms with E-state index >= 15 is 0 Å². The number of hydrogen-bond donors (Lipinski definition) is 2. The number of carbonyl (C=O) groups excluding carboxylic acids is 1. The highest BCUT2D eigenvalue weighted by atomic mass is 79.9. The minimum absolute atomic E-state index is 0.323. The summed E-state index contributed by atoms with van der Waals surface area (Å²) in [6.45, 7) is 0. The van der Waals surface area contributed by atoms with Crippen LogP contribution in [0.2, 0.25) is 0 Å². The molecule has 0 unspecified atom stereocenters. The molecule has 0 bridgehead atoms. The zero-order chi connectivity index (χ0) is 15.4. The Hall–Kier alpha value is -0.990. The van der Waals surface area contributed by atoms with Crippen molar-refractivity contribution in [1.29, 1.82) is 0 Å². The molecule has 1 fully saturated rings. The van der Waals surface area contributed by atoms with E-state index in [0.29, 0.717) is 10.9 Å². The molecule has 0 radical (unpaired) electrons. The Bertz CT molecular complexity index is 466. The van der Waals surface area contributed by atoms with Crippen LogP contribution in [0.5, 0.6) is 0 Å². The third-order valence-corrected chi connectivity index (χ3v) is 3.92. The van der Waals surface area contributed by atoms with Crippen molar-refractivity contribution in [3.8, 4) is 0 Å². The first-order valence-electron chi connectivity index (χ1n) is 6.45. The molecule has 5 atom stereocenters. The summed E-state index contributed by atoms with van der Waals surface area (Å²) in [5, 5.41) is 20.3. The van der Waals surface area contributed by atoms with E-state index in [1.165, 1.54) is 7.11 Å². The molecule has 1 aliphatic heterocycles. The number of methoxy groups -OCH3 is 1. The van der Waals surface area contributed by atoms with Crippen LogP contribution in [-0.2, 0) is 14.2 Å². The lowest BCUT2D eigenvalue weighted by Gasteiger charge is -2.40. The zero-order valence-corrected chi connectivity index (χ0v) is 13.0. The summed E-state index contributed by atoms with van der Waals surface area (Å²) in [7, 11) is 1.36. The van der Waals surface area contributed by atoms with E-state index in [4.69, 9.17) is 14.2 Å². The molecule has 0 aromatic heterocycles. The fourth-order valence-corrected chi connectivity index (χ4v) is 2.66. The van der Waals surface area contributed by atoms with Crippen LogP contribution in [0.25, 0.3) is 0 Å². The number of halogens is 1. The maximum Gasteiger partial charge on any atom is 0.338 e. The molecule has 2 N–H and O–H groups in total. The van der Waals surface area contributed by atoms with Crippen molar-refractivity contribution in [1.82, 2.24) is 0 Å². The quantitative estimate of drug-likeness (QED) is 0.607. The van der Waals surface area contributed by atoms with Gasteiger partial charge in [-0.3, -0.25) is 0 Å². The molecule has 2 rings (SSSR count). The van der Waals surface area contributed by atoms with Gasteiger partial charge in [-0.1, -0.05) is 34.1 Å². The minimum Gasteiger partial charge on any atom is -0.453 e. The normalized spacial score (nSPS) is 32.7. The second kappa shape index (κ2) is 7.33. The van der Waals surface area contributed by atoms with Crippen molar-refractivity contribution >= 4 is 21.9 Å². The second-order valence-corrected chi connectivity index (χ2v) is 5.30. The summed E-state index contributed by atoms with van der Waals surface area (Å²) >= 11 is 3.24. The van der Waals surface area contributed by atoms with Crippen LogP contribution < -0.4 is 0 Å². The number of aliphatic hydroxyl groups excluding tert-OH is 2. The first kappa shape index (κ1) is 16.4. The van der Waals surface area contributed by atoms with Gasteiger partial charge < -0.3 is 24.4 Å². The highest BCUT2D eigenvalue weighted by Crippen LogP contribution is 2.26. The van der Waals surface area contributed by atoms with E-state index in [0.717, 1.165) is 0 Å². The average molecular weight is 361 g/mol. The number of aliphatic hydroxyl groups is 2. The van der Waals surface area contributed by atoms with Crippen molar-refractivity contribution in [2.24, 2.45) is 0 Å². The van der Waals surface area contributed by atoms with E-state index in [1.54, 1.807) is 30.3 Å². The van der Waals surface area contributed by atoms with E-state index in [2.05, 4.69) is 15.9 Å². The maximum absolute atomic E-state index is 12.1. The van der Waals surface area contributed by atoms with Gasteiger partial charge in [0.15, 0.2) is 12.4 Å². The van der Waals surface area contributed by atoms with Gasteiger partial charge in [-0.25, -0.2) is 4.79 Å². The number of rotatable bonds is 4. The molecule has 1 aromatic carbocycles. The predicted molar refractivity (Wildman–Crippen MR) is 77.1 cm³/mol. The molecular formula is C14H17BrO6. The first-order chi connectivity index (χ1) is 10.1. The lowest BCUT2D eigenvalue weighted by molar-refractivity contribution is -0.284. The van der Waals surface area contributed by atoms with E-state index < -0.39 is 36.7 Å². The number of carbonyl (C=O) groups is 1. The zero-order valence-electron chi connectivity index (χ0n) is 11.4. The molecule has 1 aromatic rings. The summed E-state index contributed by atoms with van der Waals surface area (Å²) in [6, 6.07) is 8.42. The fraction of sp³-hybridized carbons (Fsp3) is 0.500. The molecule has 7 heteroatoms. The van der Waals surface area contributed by atoms with Crippen LogP contribution in [0, 0.1) is 0 Å². The molecule has 116 valence electrons. The lowest BCUT2D eigenvalue weighted by atomic mass is 9.99. The molecule has 0 amide bonds. The van der Waals surface area contributed by atoms with Crippen LogP contribution >= 0.6 is 15.9 Å². The van der Waals surface area contributed by atoms with Gasteiger partial charge in [0.05, 0.1) is 5.56 Å². The second-order valence-electron chi connectivity index (χ2n) is 4.65. The molecule has 1 heterocycles. The van der Waals surface area contributed by atoms with Crippen LogP contribution in [0.3, 0.4) is 0 Å². The number of hydrogen-bond acceptors (Lipinski definition) is 6. The summed E-state index contributed by atoms with van der Waals surface area (Å²) in [5.41, 5.74) is 0.362. The number of benzene rings is 1. The molecule has 0 aliphatic carbocycles. The topological polar surface area (TPSA) is 85.2 Å². The Morgan fingerprint density at radius 2 is 1.95 bits per heavy atom. The maximum atomic E-state index is 12.1. The van der Waals surface area contributed by atoms with Gasteiger partial charge in [0.25, 0.3) is 0 Å². The monoisotopic (exact) mass is 360 g/mol. The van der Waals surface area contributed by atoms with Crippen molar-refractivity contribution in [2.45, 2.75) is 30.7 Å². The van der Waals surface area contributed by atoms with E-state index in [1.807, 2.05) is 0 Å². The van der Waals surface area contributed by atoms with Gasteiger partial charge >= 0.3 is 5.97 Å². The third kappa shape index (κ3) is 3.61. The van der Waals surface area contributed by atoms with Gasteiger partial charge in [-0.15, -0.1) is 0 Å². The molecule has 6 nitrogen and oxygen atoms in total. The van der Waals surface area contributed by atoms with Gasteiger partial charge in [-0.2, -0.15) is 0 Å². The smallest absolute Gasteiger partial charge is 0.338 e. The van der Waals surface area contributed by atoms with Crippen LogP contribution in [0.1, 0.15) is 10.4 Å². The van der Waals surface area contributed by atoms with Gasteiger partial charge in [0.1, 0.15) is 18.3 Å². The van der Waals surface area contributed by atoms with E-state index in [-0.39, 0.29) is 0 Å². The SMILES string of the molecule is CO[C@@H]1O[C@H](CBr)[C@H](OC(=O)c2ccccc2)[C@@H](O)[C@@H]1O. The van der Waals surface area contributed by atoms with Crippen molar-refractivity contribution in [3.63, 3.8) is 0 Å². The van der Waals surface area contributed by atoms with Gasteiger partial charge in [0, 0.05) is 12.4 Å². The van der Waals surface area contributed by atoms with Crippen molar-refractivity contribution in [3.05, 3.63) is 35.9 Å². The van der Waals surface area contributed by atoms with Crippen LogP contribution in [0.4, 0.5) is 0 Å². The number of alkyl halides is 1. The van der Waals surface area contributed by atoms with Crippen LogP contribution in [0.15, 0.2) is 30.3 Å². The first-order valence-corrected chi connectivity index (χ1v) is 7.57. The molecule has 0 saturated carbocycles. The Labute approximate surface area is 130 Å². The third-order valence-electron chi connectivity index (χ3n) is 3.28. The summed E-state index contributed by atoms with van der Waals surface area (Å²) in [4.78, 5) is 12.1. The Morgan fingerprint density at radius 3 is 2.52 bits per heavy atom. The summed E-state index contributed by atoms with van der Waals surface area (Å²) in [6.07, 6.45) is -5.16. The van der Waals surface area contributed by atoms with Crippen LogP contribution in [-0.4, -0.2) is 59.3 Å². The van der Waals surface area contributed by atoms with E-state index in [9.17, 15) is 15.0 Å². The molecule has 0 spiro atoms. The largest absolute Gasteiger partial charge is 0.453 e. The molecule has 1 aliphatic rings. The van der Waals surface area contributed by atoms with Gasteiger partial charge in [-0.05, 0) is 12.1 Å². The summed E-state index contributed by atoms with van der Waals surface area (Å²) in [5.74, 6) is -0.586. The molecular weight excluding hydrogens is 344 g/mol. The highest BCUT2D eigenvalue weighted by Gasteiger charge is 2.46. The summed E-state index contributed by atoms with van der Waals surface area (Å²) < 4.78 is 15.7. The minimum atomic E-state index is -1.29. The highest BCUT2D eigenvalue weighted by molar-refractivity contribution is 9.09. The fourth-order valence-electron chi connectivity index (χ4n) is 2.14. The standard InChI is InChI=1S/C14H17BrO6/c1-19-14-11(17)10(16)12(9(7-15)20-14)21-13(18)8-5-3-2-4-6-8/h2-6,9-12,14,16-17H,7H2,1H3/t9-,10+,11+,12+,14-/m1/s1. The van der Waals surface area contributed by atoms with Crippen molar-refractivity contribution in [2.75, 3.05) is 12.4 Å². The van der Waals surface area contributed by atoms with Crippen molar-refractivity contribution < 1.29 is 29.2 Å². The Morgan fingerprint density at radius 1 is 1.29 bits per heavy atom. The number of ether oxygens (including phenoxy) is 3. The lowest BCUT2D eigenvalue weighted by Crippen LogP contribution is -2.59.